The van der Waals surface area contributed by atoms with Crippen molar-refractivity contribution in [1.29, 1.82) is 0 Å². The first-order chi connectivity index (χ1) is 16.3. The molecular weight excluding hydrogens is 408 g/mol. The van der Waals surface area contributed by atoms with E-state index in [0.717, 1.165) is 45.3 Å². The Morgan fingerprint density at radius 2 is 0.727 bits per heavy atom. The zero-order chi connectivity index (χ0) is 22.5. The molecule has 0 aliphatic heterocycles. The molecule has 0 spiro atoms. The number of phenolic OH excluding ortho intramolecular Hbond substituents is 1. The maximum Gasteiger partial charge on any atom is 0.131 e. The molecule has 5 aromatic rings. The van der Waals surface area contributed by atoms with E-state index in [4.69, 9.17) is 9.47 Å². The summed E-state index contributed by atoms with van der Waals surface area (Å²) in [6, 6.07) is 40.5. The fraction of sp³-hybridized carbons (Fsp3) is 0. The van der Waals surface area contributed by atoms with Crippen molar-refractivity contribution in [2.24, 2.45) is 0 Å². The summed E-state index contributed by atoms with van der Waals surface area (Å²) in [4.78, 5) is 0. The van der Waals surface area contributed by atoms with Gasteiger partial charge < -0.3 is 14.6 Å². The average Bonchev–Trinajstić information content (AvgIpc) is 2.87. The van der Waals surface area contributed by atoms with E-state index in [-0.39, 0.29) is 5.75 Å². The monoisotopic (exact) mass is 430 g/mol. The summed E-state index contributed by atoms with van der Waals surface area (Å²) in [6.07, 6.45) is 0. The summed E-state index contributed by atoms with van der Waals surface area (Å²) in [7, 11) is 0. The minimum Gasteiger partial charge on any atom is -0.507 e. The van der Waals surface area contributed by atoms with Gasteiger partial charge in [-0.05, 0) is 59.7 Å². The van der Waals surface area contributed by atoms with Crippen molar-refractivity contribution in [3.8, 4) is 51.0 Å². The Morgan fingerprint density at radius 3 is 1.12 bits per heavy atom. The molecule has 1 N–H and O–H groups in total. The summed E-state index contributed by atoms with van der Waals surface area (Å²) in [5.74, 6) is 3.31. The van der Waals surface area contributed by atoms with Gasteiger partial charge in [0.2, 0.25) is 0 Å². The van der Waals surface area contributed by atoms with Gasteiger partial charge in [-0.2, -0.15) is 0 Å². The van der Waals surface area contributed by atoms with E-state index in [9.17, 15) is 5.11 Å². The van der Waals surface area contributed by atoms with Crippen molar-refractivity contribution >= 4 is 0 Å². The van der Waals surface area contributed by atoms with Gasteiger partial charge in [-0.25, -0.2) is 0 Å². The zero-order valence-corrected chi connectivity index (χ0v) is 17.9. The van der Waals surface area contributed by atoms with Crippen LogP contribution in [-0.4, -0.2) is 5.11 Å². The van der Waals surface area contributed by atoms with Gasteiger partial charge in [-0.15, -0.1) is 0 Å². The molecule has 0 heterocycles. The summed E-state index contributed by atoms with van der Waals surface area (Å²) in [6.45, 7) is 0. The van der Waals surface area contributed by atoms with Crippen LogP contribution in [0.2, 0.25) is 0 Å². The molecule has 0 amide bonds. The Hall–Kier alpha value is -4.50. The van der Waals surface area contributed by atoms with Crippen LogP contribution in [0.3, 0.4) is 0 Å². The van der Waals surface area contributed by atoms with Crippen LogP contribution in [0.15, 0.2) is 127 Å². The maximum atomic E-state index is 11.0. The zero-order valence-electron chi connectivity index (χ0n) is 17.9. The van der Waals surface area contributed by atoms with Crippen molar-refractivity contribution in [3.63, 3.8) is 0 Å². The van der Waals surface area contributed by atoms with E-state index in [1.54, 1.807) is 0 Å². The fourth-order valence-corrected chi connectivity index (χ4v) is 3.66. The van der Waals surface area contributed by atoms with E-state index in [0.29, 0.717) is 0 Å². The largest absolute Gasteiger partial charge is 0.507 e. The minimum atomic E-state index is 0.242. The lowest BCUT2D eigenvalue weighted by Gasteiger charge is -2.12. The van der Waals surface area contributed by atoms with E-state index >= 15 is 0 Å². The second-order valence-electron chi connectivity index (χ2n) is 7.58. The highest BCUT2D eigenvalue weighted by Crippen LogP contribution is 2.39. The number of benzene rings is 5. The smallest absolute Gasteiger partial charge is 0.131 e. The molecule has 0 saturated carbocycles. The molecule has 0 saturated heterocycles. The molecule has 0 aromatic heterocycles. The molecule has 3 nitrogen and oxygen atoms in total. The van der Waals surface area contributed by atoms with Gasteiger partial charge in [0.05, 0.1) is 0 Å². The Balaban J connectivity index is 1.36. The maximum absolute atomic E-state index is 11.0. The van der Waals surface area contributed by atoms with Gasteiger partial charge in [0.15, 0.2) is 0 Å². The standard InChI is InChI=1S/C30H22O3/c31-30-28(22-14-18-26(19-15-22)32-24-8-3-1-4-9-24)12-7-13-29(30)23-16-20-27(21-17-23)33-25-10-5-2-6-11-25/h1-21,31H. The Bertz CT molecular complexity index is 1220. The van der Waals surface area contributed by atoms with Crippen LogP contribution < -0.4 is 9.47 Å². The van der Waals surface area contributed by atoms with Crippen molar-refractivity contribution < 1.29 is 14.6 Å². The molecule has 0 radical (unpaired) electrons. The summed E-state index contributed by atoms with van der Waals surface area (Å²) in [5.41, 5.74) is 3.37. The fourth-order valence-electron chi connectivity index (χ4n) is 3.66. The molecule has 0 atom stereocenters. The van der Waals surface area contributed by atoms with Gasteiger partial charge in [0.1, 0.15) is 28.7 Å². The number of aromatic hydroxyl groups is 1. The highest BCUT2D eigenvalue weighted by molar-refractivity contribution is 5.82. The quantitative estimate of drug-likeness (QED) is 0.294. The SMILES string of the molecule is Oc1c(-c2ccc(Oc3ccccc3)cc2)cccc1-c1ccc(Oc2ccccc2)cc1. The number of rotatable bonds is 6. The highest BCUT2D eigenvalue weighted by atomic mass is 16.5. The van der Waals surface area contributed by atoms with Crippen molar-refractivity contribution in [2.45, 2.75) is 0 Å². The second kappa shape index (κ2) is 9.33. The average molecular weight is 431 g/mol. The molecule has 5 aromatic carbocycles. The predicted octanol–water partition coefficient (Wildman–Crippen LogP) is 8.31. The van der Waals surface area contributed by atoms with Crippen molar-refractivity contribution in [2.75, 3.05) is 0 Å². The van der Waals surface area contributed by atoms with Gasteiger partial charge in [0, 0.05) is 11.1 Å². The molecule has 0 aliphatic rings. The molecular formula is C30H22O3. The van der Waals surface area contributed by atoms with Crippen LogP contribution in [0.4, 0.5) is 0 Å². The van der Waals surface area contributed by atoms with Gasteiger partial charge in [0.25, 0.3) is 0 Å². The minimum absolute atomic E-state index is 0.242. The first-order valence-corrected chi connectivity index (χ1v) is 10.7. The third kappa shape index (κ3) is 4.73. The van der Waals surface area contributed by atoms with Crippen LogP contribution in [0.1, 0.15) is 0 Å². The van der Waals surface area contributed by atoms with E-state index in [2.05, 4.69) is 0 Å². The third-order valence-corrected chi connectivity index (χ3v) is 5.32. The van der Waals surface area contributed by atoms with E-state index in [1.807, 2.05) is 127 Å². The van der Waals surface area contributed by atoms with Crippen LogP contribution in [0.25, 0.3) is 22.3 Å². The van der Waals surface area contributed by atoms with Crippen LogP contribution in [0, 0.1) is 0 Å². The lowest BCUT2D eigenvalue weighted by atomic mass is 9.97. The molecule has 160 valence electrons. The lowest BCUT2D eigenvalue weighted by molar-refractivity contribution is 0.478. The van der Waals surface area contributed by atoms with Gasteiger partial charge in [-0.1, -0.05) is 78.9 Å². The number of ether oxygens (including phenoxy) is 2. The Labute approximate surface area is 193 Å². The Morgan fingerprint density at radius 1 is 0.364 bits per heavy atom. The van der Waals surface area contributed by atoms with Gasteiger partial charge in [-0.3, -0.25) is 0 Å². The number of para-hydroxylation sites is 3. The first-order valence-electron chi connectivity index (χ1n) is 10.7. The number of phenols is 1. The number of hydrogen-bond acceptors (Lipinski definition) is 3. The second-order valence-corrected chi connectivity index (χ2v) is 7.58. The molecule has 0 fully saturated rings. The molecule has 0 unspecified atom stereocenters. The number of hydrogen-bond donors (Lipinski definition) is 1. The molecule has 5 rings (SSSR count). The topological polar surface area (TPSA) is 38.7 Å². The molecule has 0 bridgehead atoms. The first kappa shape index (κ1) is 20.4. The summed E-state index contributed by atoms with van der Waals surface area (Å²) < 4.78 is 11.7. The normalized spacial score (nSPS) is 10.5. The lowest BCUT2D eigenvalue weighted by Crippen LogP contribution is -1.87. The highest BCUT2D eigenvalue weighted by Gasteiger charge is 2.11. The predicted molar refractivity (Wildman–Crippen MR) is 132 cm³/mol. The third-order valence-electron chi connectivity index (χ3n) is 5.32. The Kier molecular flexibility index (Phi) is 5.77. The van der Waals surface area contributed by atoms with Gasteiger partial charge >= 0.3 is 0 Å². The van der Waals surface area contributed by atoms with E-state index < -0.39 is 0 Å². The van der Waals surface area contributed by atoms with Crippen LogP contribution in [-0.2, 0) is 0 Å². The molecule has 33 heavy (non-hydrogen) atoms. The van der Waals surface area contributed by atoms with Crippen molar-refractivity contribution in [3.05, 3.63) is 127 Å². The summed E-state index contributed by atoms with van der Waals surface area (Å²) >= 11 is 0. The van der Waals surface area contributed by atoms with Crippen LogP contribution >= 0.6 is 0 Å². The van der Waals surface area contributed by atoms with Crippen molar-refractivity contribution in [1.82, 2.24) is 0 Å². The molecule has 3 heteroatoms. The molecule has 0 aliphatic carbocycles. The van der Waals surface area contributed by atoms with Crippen LogP contribution in [0.5, 0.6) is 28.7 Å². The summed E-state index contributed by atoms with van der Waals surface area (Å²) in [5, 5.41) is 11.0. The van der Waals surface area contributed by atoms with E-state index in [1.165, 1.54) is 0 Å².